The van der Waals surface area contributed by atoms with Crippen molar-refractivity contribution in [1.82, 2.24) is 15.5 Å². The minimum atomic E-state index is 0.135. The summed E-state index contributed by atoms with van der Waals surface area (Å²) in [7, 11) is 0. The van der Waals surface area contributed by atoms with Crippen LogP contribution in [0.5, 0.6) is 0 Å². The van der Waals surface area contributed by atoms with E-state index in [0.717, 1.165) is 19.6 Å². The molecular weight excluding hydrogens is 166 g/mol. The molecule has 1 fully saturated rings. The number of piperazine rings is 1. The molecule has 0 radical (unpaired) electrons. The second-order valence-electron chi connectivity index (χ2n) is 3.69. The number of nitrogens with one attached hydrogen (secondary N) is 2. The molecule has 2 N–H and O–H groups in total. The molecule has 0 aliphatic carbocycles. The minimum absolute atomic E-state index is 0.135. The number of amides is 1. The second-order valence-corrected chi connectivity index (χ2v) is 3.69. The molecule has 0 aromatic rings. The van der Waals surface area contributed by atoms with Crippen molar-refractivity contribution in [2.45, 2.75) is 33.0 Å². The lowest BCUT2D eigenvalue weighted by Crippen LogP contribution is -2.60. The summed E-state index contributed by atoms with van der Waals surface area (Å²) in [5.41, 5.74) is 0. The molecule has 0 aromatic carbocycles. The van der Waals surface area contributed by atoms with Gasteiger partial charge in [-0.25, -0.2) is 0 Å². The highest BCUT2D eigenvalue weighted by atomic mass is 16.2. The van der Waals surface area contributed by atoms with Gasteiger partial charge < -0.3 is 10.2 Å². The molecule has 1 unspecified atom stereocenters. The van der Waals surface area contributed by atoms with Gasteiger partial charge in [-0.15, -0.1) is 0 Å². The zero-order valence-electron chi connectivity index (χ0n) is 8.63. The van der Waals surface area contributed by atoms with E-state index in [-0.39, 0.29) is 18.1 Å². The van der Waals surface area contributed by atoms with Gasteiger partial charge in [0, 0.05) is 32.6 Å². The molecule has 13 heavy (non-hydrogen) atoms. The Morgan fingerprint density at radius 1 is 1.46 bits per heavy atom. The van der Waals surface area contributed by atoms with Crippen LogP contribution < -0.4 is 10.6 Å². The molecule has 1 atom stereocenters. The molecule has 76 valence electrons. The molecule has 0 bridgehead atoms. The lowest BCUT2D eigenvalue weighted by atomic mass is 10.2. The van der Waals surface area contributed by atoms with Gasteiger partial charge in [0.25, 0.3) is 0 Å². The van der Waals surface area contributed by atoms with E-state index in [4.69, 9.17) is 0 Å². The van der Waals surface area contributed by atoms with Crippen LogP contribution in [-0.4, -0.2) is 42.6 Å². The Kier molecular flexibility index (Phi) is 3.69. The molecular formula is C9H19N3O. The topological polar surface area (TPSA) is 44.4 Å². The Hall–Kier alpha value is -0.610. The Morgan fingerprint density at radius 3 is 2.54 bits per heavy atom. The lowest BCUT2D eigenvalue weighted by Gasteiger charge is -2.37. The summed E-state index contributed by atoms with van der Waals surface area (Å²) in [6, 6.07) is 0.259. The van der Waals surface area contributed by atoms with Gasteiger partial charge >= 0.3 is 0 Å². The molecule has 1 aliphatic rings. The van der Waals surface area contributed by atoms with Crippen molar-refractivity contribution >= 4 is 5.91 Å². The Morgan fingerprint density at radius 2 is 2.15 bits per heavy atom. The summed E-state index contributed by atoms with van der Waals surface area (Å²) >= 11 is 0. The highest BCUT2D eigenvalue weighted by Crippen LogP contribution is 2.04. The smallest absolute Gasteiger partial charge is 0.220 e. The van der Waals surface area contributed by atoms with Gasteiger partial charge in [-0.2, -0.15) is 0 Å². The fourth-order valence-electron chi connectivity index (χ4n) is 1.78. The summed E-state index contributed by atoms with van der Waals surface area (Å²) in [6.45, 7) is 8.46. The fourth-order valence-corrected chi connectivity index (χ4v) is 1.78. The number of carbonyl (C=O) groups excluding carboxylic acids is 1. The van der Waals surface area contributed by atoms with Crippen molar-refractivity contribution in [2.75, 3.05) is 19.6 Å². The molecule has 1 rings (SSSR count). The molecule has 4 nitrogen and oxygen atoms in total. The van der Waals surface area contributed by atoms with Gasteiger partial charge in [-0.05, 0) is 13.8 Å². The van der Waals surface area contributed by atoms with Crippen LogP contribution in [0, 0.1) is 0 Å². The lowest BCUT2D eigenvalue weighted by molar-refractivity contribution is -0.134. The number of carbonyl (C=O) groups is 1. The number of rotatable bonds is 2. The summed E-state index contributed by atoms with van der Waals surface area (Å²) in [5, 5.41) is 6.59. The van der Waals surface area contributed by atoms with Crippen LogP contribution in [0.15, 0.2) is 0 Å². The standard InChI is InChI=1S/C9H19N3O/c1-7(2)12(8(3)13)9-6-10-4-5-11-9/h7,9-11H,4-6H2,1-3H3. The Labute approximate surface area is 79.7 Å². The molecule has 1 saturated heterocycles. The van der Waals surface area contributed by atoms with E-state index in [9.17, 15) is 4.79 Å². The van der Waals surface area contributed by atoms with Crippen LogP contribution >= 0.6 is 0 Å². The summed E-state index contributed by atoms with van der Waals surface area (Å²) < 4.78 is 0. The molecule has 4 heteroatoms. The predicted octanol–water partition coefficient (Wildman–Crippen LogP) is -0.238. The van der Waals surface area contributed by atoms with Gasteiger partial charge in [0.1, 0.15) is 0 Å². The quantitative estimate of drug-likeness (QED) is 0.624. The first-order chi connectivity index (χ1) is 6.13. The van der Waals surface area contributed by atoms with Crippen LogP contribution in [0.25, 0.3) is 0 Å². The first-order valence-electron chi connectivity index (χ1n) is 4.86. The van der Waals surface area contributed by atoms with E-state index < -0.39 is 0 Å². The molecule has 0 aromatic heterocycles. The number of hydrogen-bond acceptors (Lipinski definition) is 3. The largest absolute Gasteiger partial charge is 0.324 e. The first-order valence-corrected chi connectivity index (χ1v) is 4.86. The van der Waals surface area contributed by atoms with Crippen LogP contribution in [0.3, 0.4) is 0 Å². The third-order valence-corrected chi connectivity index (χ3v) is 2.28. The zero-order valence-corrected chi connectivity index (χ0v) is 8.63. The summed E-state index contributed by atoms with van der Waals surface area (Å²) in [4.78, 5) is 13.2. The Balaban J connectivity index is 2.57. The van der Waals surface area contributed by atoms with Crippen molar-refractivity contribution in [2.24, 2.45) is 0 Å². The molecule has 0 spiro atoms. The highest BCUT2D eigenvalue weighted by Gasteiger charge is 2.24. The maximum absolute atomic E-state index is 11.3. The van der Waals surface area contributed by atoms with E-state index >= 15 is 0 Å². The third-order valence-electron chi connectivity index (χ3n) is 2.28. The molecule has 1 amide bonds. The van der Waals surface area contributed by atoms with E-state index in [0.29, 0.717) is 0 Å². The summed E-state index contributed by atoms with van der Waals surface area (Å²) in [6.07, 6.45) is 0.159. The van der Waals surface area contributed by atoms with E-state index in [1.807, 2.05) is 18.7 Å². The molecule has 0 saturated carbocycles. The average Bonchev–Trinajstić information content (AvgIpc) is 2.04. The average molecular weight is 185 g/mol. The van der Waals surface area contributed by atoms with E-state index in [1.165, 1.54) is 0 Å². The maximum Gasteiger partial charge on any atom is 0.220 e. The zero-order chi connectivity index (χ0) is 9.84. The van der Waals surface area contributed by atoms with Crippen molar-refractivity contribution in [3.63, 3.8) is 0 Å². The van der Waals surface area contributed by atoms with Gasteiger partial charge in [0.05, 0.1) is 6.17 Å². The highest BCUT2D eigenvalue weighted by molar-refractivity contribution is 5.73. The van der Waals surface area contributed by atoms with Gasteiger partial charge in [-0.3, -0.25) is 10.1 Å². The molecule has 1 aliphatic heterocycles. The molecule has 1 heterocycles. The maximum atomic E-state index is 11.3. The fraction of sp³-hybridized carbons (Fsp3) is 0.889. The van der Waals surface area contributed by atoms with Crippen molar-refractivity contribution in [1.29, 1.82) is 0 Å². The minimum Gasteiger partial charge on any atom is -0.324 e. The predicted molar refractivity (Wildman–Crippen MR) is 52.3 cm³/mol. The number of hydrogen-bond donors (Lipinski definition) is 2. The van der Waals surface area contributed by atoms with Crippen LogP contribution in [0.4, 0.5) is 0 Å². The summed E-state index contributed by atoms with van der Waals surface area (Å²) in [5.74, 6) is 0.135. The van der Waals surface area contributed by atoms with E-state index in [1.54, 1.807) is 6.92 Å². The normalized spacial score (nSPS) is 23.2. The van der Waals surface area contributed by atoms with Crippen molar-refractivity contribution in [3.8, 4) is 0 Å². The van der Waals surface area contributed by atoms with Gasteiger partial charge in [0.15, 0.2) is 0 Å². The Bertz CT molecular complexity index is 176. The van der Waals surface area contributed by atoms with Crippen LogP contribution in [0.1, 0.15) is 20.8 Å². The van der Waals surface area contributed by atoms with Crippen LogP contribution in [-0.2, 0) is 4.79 Å². The van der Waals surface area contributed by atoms with Crippen molar-refractivity contribution in [3.05, 3.63) is 0 Å². The van der Waals surface area contributed by atoms with Gasteiger partial charge in [-0.1, -0.05) is 0 Å². The SMILES string of the molecule is CC(=O)N(C(C)C)C1CNCCN1. The van der Waals surface area contributed by atoms with Crippen molar-refractivity contribution < 1.29 is 4.79 Å². The monoisotopic (exact) mass is 185 g/mol. The van der Waals surface area contributed by atoms with Crippen LogP contribution in [0.2, 0.25) is 0 Å². The second kappa shape index (κ2) is 4.58. The third kappa shape index (κ3) is 2.67. The van der Waals surface area contributed by atoms with E-state index in [2.05, 4.69) is 10.6 Å². The first kappa shape index (κ1) is 10.5. The number of nitrogens with zero attached hydrogens (tertiary/aromatic N) is 1. The van der Waals surface area contributed by atoms with Gasteiger partial charge in [0.2, 0.25) is 5.91 Å².